The number of carboxylic acids is 1. The van der Waals surface area contributed by atoms with Gasteiger partial charge in [0.2, 0.25) is 5.95 Å². The Hall–Kier alpha value is -3.61. The molecule has 37 heavy (non-hydrogen) atoms. The number of anilines is 2. The maximum Gasteiger partial charge on any atom is 0.303 e. The van der Waals surface area contributed by atoms with Crippen molar-refractivity contribution in [3.8, 4) is 0 Å². The van der Waals surface area contributed by atoms with Crippen LogP contribution >= 0.6 is 0 Å². The number of aliphatic hydroxyl groups is 2. The van der Waals surface area contributed by atoms with Gasteiger partial charge in [0, 0.05) is 19.4 Å². The van der Waals surface area contributed by atoms with E-state index >= 15 is 0 Å². The van der Waals surface area contributed by atoms with E-state index in [9.17, 15) is 19.8 Å². The second-order valence-corrected chi connectivity index (χ2v) is 8.79. The first kappa shape index (κ1) is 28.0. The van der Waals surface area contributed by atoms with Crippen molar-refractivity contribution in [3.05, 3.63) is 41.7 Å². The Morgan fingerprint density at radius 2 is 1.76 bits per heavy atom. The number of Topliss-reactive ketones (excluding diaryl/α,β-unsaturated/α-hetero) is 1. The normalized spacial score (nSPS) is 21.1. The van der Waals surface area contributed by atoms with Crippen LogP contribution in [0.1, 0.15) is 51.0 Å². The van der Waals surface area contributed by atoms with Crippen LogP contribution in [0.25, 0.3) is 11.2 Å². The summed E-state index contributed by atoms with van der Waals surface area (Å²) in [6.07, 6.45) is -1.43. The van der Waals surface area contributed by atoms with Gasteiger partial charge >= 0.3 is 5.97 Å². The highest BCUT2D eigenvalue weighted by atomic mass is 16.6. The zero-order chi connectivity index (χ0) is 25.8. The molecule has 6 N–H and O–H groups in total. The monoisotopic (exact) mass is 514 g/mol. The number of aromatic nitrogens is 4. The number of imidazole rings is 1. The molecule has 1 unspecified atom stereocenters. The Morgan fingerprint density at radius 3 is 2.41 bits per heavy atom. The van der Waals surface area contributed by atoms with Crippen molar-refractivity contribution < 1.29 is 29.6 Å². The smallest absolute Gasteiger partial charge is 0.303 e. The summed E-state index contributed by atoms with van der Waals surface area (Å²) in [5, 5.41) is 32.9. The molecule has 3 aromatic rings. The molecule has 200 valence electrons. The summed E-state index contributed by atoms with van der Waals surface area (Å²) in [5.74, 6) is -0.708. The van der Waals surface area contributed by atoms with Crippen molar-refractivity contribution in [1.29, 1.82) is 0 Å². The van der Waals surface area contributed by atoms with Crippen molar-refractivity contribution in [3.63, 3.8) is 0 Å². The fourth-order valence-electron chi connectivity index (χ4n) is 4.19. The van der Waals surface area contributed by atoms with E-state index in [2.05, 4.69) is 20.3 Å². The van der Waals surface area contributed by atoms with Crippen molar-refractivity contribution in [2.24, 2.45) is 0 Å². The van der Waals surface area contributed by atoms with E-state index in [1.165, 1.54) is 10.9 Å². The lowest BCUT2D eigenvalue weighted by atomic mass is 10.0. The Balaban J connectivity index is 0.00000380. The van der Waals surface area contributed by atoms with Crippen LogP contribution in [0.2, 0.25) is 0 Å². The van der Waals surface area contributed by atoms with E-state index < -0.39 is 30.5 Å². The number of ketones is 1. The van der Waals surface area contributed by atoms with E-state index in [0.29, 0.717) is 37.0 Å². The number of aryl methyl sites for hydroxylation is 1. The van der Waals surface area contributed by atoms with Gasteiger partial charge in [-0.1, -0.05) is 38.6 Å². The van der Waals surface area contributed by atoms with E-state index in [0.717, 1.165) is 11.1 Å². The highest BCUT2D eigenvalue weighted by Crippen LogP contribution is 2.33. The van der Waals surface area contributed by atoms with E-state index in [1.807, 2.05) is 31.2 Å². The molecule has 2 aromatic heterocycles. The van der Waals surface area contributed by atoms with Gasteiger partial charge in [-0.05, 0) is 30.4 Å². The average Bonchev–Trinajstić information content (AvgIpc) is 3.40. The molecule has 0 radical (unpaired) electrons. The maximum atomic E-state index is 12.3. The average molecular weight is 515 g/mol. The van der Waals surface area contributed by atoms with Gasteiger partial charge < -0.3 is 31.1 Å². The standard InChI is InChI=1S/C24H30N6O6.CH4/c1-2-3-15(31)20-18(34)19(35)23(36-20)30-12-27-17-21(25)28-24(29-22(17)30)26-11-10-14-6-4-13(5-7-14)8-9-16(32)33;/h4-7,12,18-20,23,34-35H,2-3,8-11H2,1H3,(H,32,33)(H3,25,26,28,29);1H4/t18?,19-,20+,23+;/m0./s1. The van der Waals surface area contributed by atoms with E-state index in [1.54, 1.807) is 0 Å². The summed E-state index contributed by atoms with van der Waals surface area (Å²) < 4.78 is 7.18. The molecule has 0 spiro atoms. The van der Waals surface area contributed by atoms with Crippen LogP contribution in [0.5, 0.6) is 0 Å². The fraction of sp³-hybridized carbons (Fsp3) is 0.480. The molecule has 0 bridgehead atoms. The lowest BCUT2D eigenvalue weighted by molar-refractivity contribution is -0.137. The van der Waals surface area contributed by atoms with E-state index in [-0.39, 0.29) is 37.8 Å². The van der Waals surface area contributed by atoms with Gasteiger partial charge in [0.15, 0.2) is 23.5 Å². The number of nitrogen functional groups attached to an aromatic ring is 1. The first-order chi connectivity index (χ1) is 17.3. The molecule has 12 nitrogen and oxygen atoms in total. The summed E-state index contributed by atoms with van der Waals surface area (Å²) in [6.45, 7) is 2.35. The molecule has 4 atom stereocenters. The van der Waals surface area contributed by atoms with Gasteiger partial charge in [-0.3, -0.25) is 14.2 Å². The number of hydrogen-bond donors (Lipinski definition) is 5. The van der Waals surface area contributed by atoms with Crippen LogP contribution in [0, 0.1) is 0 Å². The predicted octanol–water partition coefficient (Wildman–Crippen LogP) is 1.70. The molecule has 1 saturated heterocycles. The second-order valence-electron chi connectivity index (χ2n) is 8.79. The van der Waals surface area contributed by atoms with Gasteiger partial charge in [-0.2, -0.15) is 9.97 Å². The number of nitrogens with zero attached hydrogens (tertiary/aromatic N) is 4. The number of nitrogens with one attached hydrogen (secondary N) is 1. The third-order valence-corrected chi connectivity index (χ3v) is 6.12. The third kappa shape index (κ3) is 6.21. The fourth-order valence-corrected chi connectivity index (χ4v) is 4.19. The zero-order valence-corrected chi connectivity index (χ0v) is 19.9. The number of nitrogens with two attached hydrogens (primary N) is 1. The molecule has 1 aromatic carbocycles. The third-order valence-electron chi connectivity index (χ3n) is 6.12. The van der Waals surface area contributed by atoms with Crippen LogP contribution < -0.4 is 11.1 Å². The summed E-state index contributed by atoms with van der Waals surface area (Å²) in [7, 11) is 0. The van der Waals surface area contributed by atoms with Crippen molar-refractivity contribution in [2.45, 2.75) is 71.0 Å². The lowest BCUT2D eigenvalue weighted by Crippen LogP contribution is -2.35. The molecule has 3 heterocycles. The highest BCUT2D eigenvalue weighted by Gasteiger charge is 2.47. The van der Waals surface area contributed by atoms with Crippen LogP contribution in [-0.2, 0) is 27.2 Å². The van der Waals surface area contributed by atoms with Crippen molar-refractivity contribution in [2.75, 3.05) is 17.6 Å². The lowest BCUT2D eigenvalue weighted by Gasteiger charge is -2.16. The number of fused-ring (bicyclic) bond motifs is 1. The number of carbonyl (C=O) groups excluding carboxylic acids is 1. The topological polar surface area (TPSA) is 186 Å². The molecular formula is C25H34N6O6. The molecule has 1 aliphatic heterocycles. The molecule has 1 aliphatic rings. The molecule has 1 fully saturated rings. The molecular weight excluding hydrogens is 480 g/mol. The molecule has 0 aliphatic carbocycles. The Bertz CT molecular complexity index is 1230. The summed E-state index contributed by atoms with van der Waals surface area (Å²) in [4.78, 5) is 36.0. The quantitative estimate of drug-likeness (QED) is 0.251. The number of aliphatic hydroxyl groups excluding tert-OH is 2. The van der Waals surface area contributed by atoms with Gasteiger partial charge in [0.1, 0.15) is 23.8 Å². The minimum Gasteiger partial charge on any atom is -0.481 e. The Kier molecular flexibility index (Phi) is 9.14. The van der Waals surface area contributed by atoms with Gasteiger partial charge in [-0.15, -0.1) is 0 Å². The van der Waals surface area contributed by atoms with Crippen LogP contribution in [0.3, 0.4) is 0 Å². The number of hydrogen-bond acceptors (Lipinski definition) is 10. The molecule has 12 heteroatoms. The van der Waals surface area contributed by atoms with Gasteiger partial charge in [0.25, 0.3) is 0 Å². The number of rotatable bonds is 11. The van der Waals surface area contributed by atoms with Gasteiger partial charge in [-0.25, -0.2) is 4.98 Å². The van der Waals surface area contributed by atoms with E-state index in [4.69, 9.17) is 15.6 Å². The zero-order valence-electron chi connectivity index (χ0n) is 19.9. The summed E-state index contributed by atoms with van der Waals surface area (Å²) in [5.41, 5.74) is 8.71. The first-order valence-corrected chi connectivity index (χ1v) is 11.9. The molecule has 0 amide bonds. The second kappa shape index (κ2) is 12.1. The number of carboxylic acid groups (broad SMARTS) is 1. The Labute approximate surface area is 214 Å². The van der Waals surface area contributed by atoms with Crippen LogP contribution in [0.4, 0.5) is 11.8 Å². The summed E-state index contributed by atoms with van der Waals surface area (Å²) >= 11 is 0. The van der Waals surface area contributed by atoms with Crippen LogP contribution in [0.15, 0.2) is 30.6 Å². The minimum absolute atomic E-state index is 0. The van der Waals surface area contributed by atoms with Crippen LogP contribution in [-0.4, -0.2) is 71.4 Å². The minimum atomic E-state index is -1.36. The SMILES string of the molecule is C.CCCC(=O)[C@H]1O[C@@H](n2cnc3c(N)nc(NCCc4ccc(CCC(=O)O)cc4)nc32)[C@@H](O)C1O. The Morgan fingerprint density at radius 1 is 1.08 bits per heavy atom. The highest BCUT2D eigenvalue weighted by molar-refractivity contribution is 5.84. The molecule has 4 rings (SSSR count). The molecule has 0 saturated carbocycles. The van der Waals surface area contributed by atoms with Crippen molar-refractivity contribution >= 4 is 34.7 Å². The largest absolute Gasteiger partial charge is 0.481 e. The predicted molar refractivity (Wildman–Crippen MR) is 137 cm³/mol. The number of aliphatic carboxylic acids is 1. The first-order valence-electron chi connectivity index (χ1n) is 11.9. The number of benzene rings is 1. The number of ether oxygens (including phenoxy) is 1. The van der Waals surface area contributed by atoms with Crippen molar-refractivity contribution in [1.82, 2.24) is 19.5 Å². The number of carbonyl (C=O) groups is 2. The summed E-state index contributed by atoms with van der Waals surface area (Å²) in [6, 6.07) is 7.73. The maximum absolute atomic E-state index is 12.3. The van der Waals surface area contributed by atoms with Gasteiger partial charge in [0.05, 0.1) is 6.33 Å².